The van der Waals surface area contributed by atoms with Gasteiger partial charge < -0.3 is 5.73 Å². The Bertz CT molecular complexity index is 217. The highest BCUT2D eigenvalue weighted by molar-refractivity contribution is 5.79. The summed E-state index contributed by atoms with van der Waals surface area (Å²) in [5.74, 6) is 0.474. The molecule has 0 aromatic heterocycles. The molecule has 1 aliphatic heterocycles. The molecule has 4 heteroatoms. The van der Waals surface area contributed by atoms with Crippen molar-refractivity contribution in [2.45, 2.75) is 32.9 Å². The minimum atomic E-state index is 0.174. The maximum Gasteiger partial charge on any atom is 0.0947 e. The second kappa shape index (κ2) is 4.94. The van der Waals surface area contributed by atoms with Gasteiger partial charge in [-0.2, -0.15) is 0 Å². The Kier molecular flexibility index (Phi) is 4.11. The predicted octanol–water partition coefficient (Wildman–Crippen LogP) is 0.583. The molecule has 3 unspecified atom stereocenters. The zero-order valence-electron chi connectivity index (χ0n) is 10.3. The van der Waals surface area contributed by atoms with Crippen LogP contribution in [0.3, 0.4) is 0 Å². The lowest BCUT2D eigenvalue weighted by atomic mass is 10.1. The summed E-state index contributed by atoms with van der Waals surface area (Å²) >= 11 is 0. The van der Waals surface area contributed by atoms with Gasteiger partial charge in [0, 0.05) is 37.6 Å². The van der Waals surface area contributed by atoms with Gasteiger partial charge >= 0.3 is 0 Å². The minimum absolute atomic E-state index is 0.174. The van der Waals surface area contributed by atoms with Crippen molar-refractivity contribution in [1.82, 2.24) is 9.80 Å². The highest BCUT2D eigenvalue weighted by atomic mass is 15.3. The summed E-state index contributed by atoms with van der Waals surface area (Å²) in [7, 11) is 2.18. The van der Waals surface area contributed by atoms with E-state index < -0.39 is 0 Å². The molecule has 15 heavy (non-hydrogen) atoms. The Morgan fingerprint density at radius 3 is 2.27 bits per heavy atom. The molecule has 0 saturated carbocycles. The van der Waals surface area contributed by atoms with Gasteiger partial charge in [0.15, 0.2) is 0 Å². The summed E-state index contributed by atoms with van der Waals surface area (Å²) in [6.45, 7) is 9.60. The Morgan fingerprint density at radius 2 is 1.87 bits per heavy atom. The minimum Gasteiger partial charge on any atom is -0.387 e. The van der Waals surface area contributed by atoms with E-state index in [2.05, 4.69) is 30.7 Å². The monoisotopic (exact) mass is 212 g/mol. The van der Waals surface area contributed by atoms with Crippen molar-refractivity contribution in [2.75, 3.05) is 26.7 Å². The number of hydrogen-bond acceptors (Lipinski definition) is 3. The lowest BCUT2D eigenvalue weighted by Crippen LogP contribution is -2.56. The van der Waals surface area contributed by atoms with Gasteiger partial charge in [0.1, 0.15) is 0 Å². The smallest absolute Gasteiger partial charge is 0.0947 e. The predicted molar refractivity (Wildman–Crippen MR) is 64.2 cm³/mol. The lowest BCUT2D eigenvalue weighted by Gasteiger charge is -2.43. The fourth-order valence-corrected chi connectivity index (χ4v) is 2.15. The van der Waals surface area contributed by atoms with E-state index in [1.165, 1.54) is 0 Å². The Balaban J connectivity index is 2.48. The number of nitrogens with two attached hydrogens (primary N) is 1. The van der Waals surface area contributed by atoms with E-state index in [0.717, 1.165) is 19.6 Å². The van der Waals surface area contributed by atoms with Crippen LogP contribution in [0.5, 0.6) is 0 Å². The first-order chi connectivity index (χ1) is 6.91. The average Bonchev–Trinajstić information content (AvgIpc) is 2.13. The van der Waals surface area contributed by atoms with Crippen LogP contribution >= 0.6 is 0 Å². The Labute approximate surface area is 92.9 Å². The molecular weight excluding hydrogens is 188 g/mol. The molecule has 0 aliphatic carbocycles. The van der Waals surface area contributed by atoms with Crippen LogP contribution in [0.25, 0.3) is 0 Å². The highest BCUT2D eigenvalue weighted by Crippen LogP contribution is 2.14. The molecule has 1 saturated heterocycles. The van der Waals surface area contributed by atoms with Crippen LogP contribution < -0.4 is 5.73 Å². The van der Waals surface area contributed by atoms with E-state index >= 15 is 0 Å². The number of hydrogen-bond donors (Lipinski definition) is 2. The molecule has 1 rings (SSSR count). The second-order valence-electron chi connectivity index (χ2n) is 4.94. The van der Waals surface area contributed by atoms with Crippen molar-refractivity contribution in [2.24, 2.45) is 11.7 Å². The largest absolute Gasteiger partial charge is 0.387 e. The van der Waals surface area contributed by atoms with Crippen molar-refractivity contribution in [3.63, 3.8) is 0 Å². The highest BCUT2D eigenvalue weighted by Gasteiger charge is 2.27. The van der Waals surface area contributed by atoms with Gasteiger partial charge in [0.25, 0.3) is 0 Å². The summed E-state index contributed by atoms with van der Waals surface area (Å²) in [5.41, 5.74) is 5.50. The van der Waals surface area contributed by atoms with Crippen LogP contribution in [0, 0.1) is 11.3 Å². The molecule has 0 radical (unpaired) electrons. The second-order valence-corrected chi connectivity index (χ2v) is 4.94. The molecule has 0 aromatic carbocycles. The molecule has 4 nitrogen and oxygen atoms in total. The summed E-state index contributed by atoms with van der Waals surface area (Å²) in [5, 5.41) is 7.40. The maximum absolute atomic E-state index is 7.40. The number of piperazine rings is 1. The molecule has 3 N–H and O–H groups in total. The normalized spacial score (nSPS) is 31.5. The molecule has 1 heterocycles. The quantitative estimate of drug-likeness (QED) is 0.531. The molecule has 88 valence electrons. The van der Waals surface area contributed by atoms with Gasteiger partial charge in [0.05, 0.1) is 5.84 Å². The van der Waals surface area contributed by atoms with Crippen LogP contribution in [-0.4, -0.2) is 54.4 Å². The summed E-state index contributed by atoms with van der Waals surface area (Å²) in [6.07, 6.45) is 0. The first-order valence-corrected chi connectivity index (χ1v) is 5.70. The van der Waals surface area contributed by atoms with E-state index in [1.54, 1.807) is 0 Å². The van der Waals surface area contributed by atoms with Crippen molar-refractivity contribution < 1.29 is 0 Å². The lowest BCUT2D eigenvalue weighted by molar-refractivity contribution is 0.0565. The molecule has 0 amide bonds. The fourth-order valence-electron chi connectivity index (χ4n) is 2.15. The van der Waals surface area contributed by atoms with Gasteiger partial charge in [-0.3, -0.25) is 15.2 Å². The van der Waals surface area contributed by atoms with Crippen LogP contribution in [0.1, 0.15) is 20.8 Å². The van der Waals surface area contributed by atoms with Crippen molar-refractivity contribution in [1.29, 1.82) is 5.41 Å². The average molecular weight is 212 g/mol. The molecule has 0 spiro atoms. The summed E-state index contributed by atoms with van der Waals surface area (Å²) in [4.78, 5) is 4.83. The summed E-state index contributed by atoms with van der Waals surface area (Å²) in [6, 6.07) is 1.18. The third-order valence-electron chi connectivity index (χ3n) is 3.50. The number of nitrogens with zero attached hydrogens (tertiary/aromatic N) is 2. The van der Waals surface area contributed by atoms with E-state index in [4.69, 9.17) is 11.1 Å². The molecular formula is C11H24N4. The van der Waals surface area contributed by atoms with Crippen molar-refractivity contribution in [3.8, 4) is 0 Å². The molecule has 1 aliphatic rings. The number of likely N-dealkylation sites (N-methyl/N-ethyl adjacent to an activating group) is 1. The van der Waals surface area contributed by atoms with Gasteiger partial charge in [0.2, 0.25) is 0 Å². The van der Waals surface area contributed by atoms with Crippen LogP contribution in [0.2, 0.25) is 0 Å². The molecule has 1 fully saturated rings. The van der Waals surface area contributed by atoms with Crippen molar-refractivity contribution >= 4 is 5.84 Å². The first-order valence-electron chi connectivity index (χ1n) is 5.70. The fraction of sp³-hybridized carbons (Fsp3) is 0.909. The SMILES string of the molecule is CC(CN1CC(C)N(C)C(C)C1)C(=N)N. The van der Waals surface area contributed by atoms with E-state index in [1.807, 2.05) is 6.92 Å². The maximum atomic E-state index is 7.40. The zero-order chi connectivity index (χ0) is 11.6. The molecule has 0 bridgehead atoms. The van der Waals surface area contributed by atoms with E-state index in [-0.39, 0.29) is 5.92 Å². The van der Waals surface area contributed by atoms with Crippen LogP contribution in [0.15, 0.2) is 0 Å². The topological polar surface area (TPSA) is 56.4 Å². The Hall–Kier alpha value is -0.610. The third-order valence-corrected chi connectivity index (χ3v) is 3.50. The number of rotatable bonds is 3. The number of amidine groups is 1. The van der Waals surface area contributed by atoms with E-state index in [9.17, 15) is 0 Å². The first kappa shape index (κ1) is 12.5. The molecule has 0 aromatic rings. The third kappa shape index (κ3) is 3.18. The van der Waals surface area contributed by atoms with Gasteiger partial charge in [-0.05, 0) is 20.9 Å². The van der Waals surface area contributed by atoms with E-state index in [0.29, 0.717) is 17.9 Å². The van der Waals surface area contributed by atoms with Crippen molar-refractivity contribution in [3.05, 3.63) is 0 Å². The standard InChI is InChI=1S/C11H24N4/c1-8(11(12)13)5-15-6-9(2)14(4)10(3)7-15/h8-10H,5-7H2,1-4H3,(H3,12,13). The van der Waals surface area contributed by atoms with Gasteiger partial charge in [-0.15, -0.1) is 0 Å². The molecule has 3 atom stereocenters. The van der Waals surface area contributed by atoms with Crippen LogP contribution in [0.4, 0.5) is 0 Å². The summed E-state index contributed by atoms with van der Waals surface area (Å²) < 4.78 is 0. The van der Waals surface area contributed by atoms with Gasteiger partial charge in [-0.1, -0.05) is 6.92 Å². The van der Waals surface area contributed by atoms with Gasteiger partial charge in [-0.25, -0.2) is 0 Å². The number of nitrogens with one attached hydrogen (secondary N) is 1. The zero-order valence-corrected chi connectivity index (χ0v) is 10.3. The van der Waals surface area contributed by atoms with Crippen LogP contribution in [-0.2, 0) is 0 Å². The Morgan fingerprint density at radius 1 is 1.40 bits per heavy atom.